The number of anilines is 2. The van der Waals surface area contributed by atoms with Gasteiger partial charge in [0.1, 0.15) is 6.54 Å². The van der Waals surface area contributed by atoms with E-state index in [1.807, 2.05) is 6.07 Å². The van der Waals surface area contributed by atoms with E-state index >= 15 is 0 Å². The van der Waals surface area contributed by atoms with Gasteiger partial charge in [0.25, 0.3) is 11.8 Å². The zero-order chi connectivity index (χ0) is 20.9. The van der Waals surface area contributed by atoms with Gasteiger partial charge in [-0.05, 0) is 12.1 Å². The van der Waals surface area contributed by atoms with Gasteiger partial charge in [0.15, 0.2) is 5.82 Å². The van der Waals surface area contributed by atoms with Gasteiger partial charge in [0.05, 0.1) is 36.2 Å². The van der Waals surface area contributed by atoms with Gasteiger partial charge >= 0.3 is 0 Å². The van der Waals surface area contributed by atoms with Crippen molar-refractivity contribution in [3.8, 4) is 0 Å². The molecule has 0 unspecified atom stereocenters. The molecule has 3 amide bonds. The van der Waals surface area contributed by atoms with E-state index in [9.17, 15) is 14.4 Å². The number of benzene rings is 1. The van der Waals surface area contributed by atoms with Crippen LogP contribution in [0.2, 0.25) is 0 Å². The van der Waals surface area contributed by atoms with Crippen molar-refractivity contribution < 1.29 is 19.1 Å². The number of nitrogens with zero attached hydrogens (tertiary/aromatic N) is 4. The lowest BCUT2D eigenvalue weighted by atomic mass is 10.1. The fraction of sp³-hybridized carbons (Fsp3) is 0.350. The fourth-order valence-corrected chi connectivity index (χ4v) is 3.41. The number of ether oxygens (including phenoxy) is 1. The van der Waals surface area contributed by atoms with Gasteiger partial charge in [-0.15, -0.1) is 5.10 Å². The van der Waals surface area contributed by atoms with Crippen molar-refractivity contribution in [2.24, 2.45) is 0 Å². The Morgan fingerprint density at radius 1 is 1.07 bits per heavy atom. The zero-order valence-corrected chi connectivity index (χ0v) is 16.3. The summed E-state index contributed by atoms with van der Waals surface area (Å²) in [5, 5.41) is 13.9. The van der Waals surface area contributed by atoms with Crippen LogP contribution in [0.15, 0.2) is 36.5 Å². The molecule has 4 rings (SSSR count). The third kappa shape index (κ3) is 4.23. The second kappa shape index (κ2) is 8.87. The number of carbonyl (C=O) groups excluding carboxylic acids is 3. The van der Waals surface area contributed by atoms with E-state index in [0.29, 0.717) is 43.2 Å². The third-order valence-corrected chi connectivity index (χ3v) is 4.95. The number of imide groups is 1. The van der Waals surface area contributed by atoms with E-state index in [0.717, 1.165) is 23.7 Å². The number of carbonyl (C=O) groups is 3. The summed E-state index contributed by atoms with van der Waals surface area (Å²) in [6.45, 7) is 3.41. The minimum atomic E-state index is -0.445. The zero-order valence-electron chi connectivity index (χ0n) is 16.3. The van der Waals surface area contributed by atoms with Crippen LogP contribution in [0.4, 0.5) is 11.5 Å². The van der Waals surface area contributed by atoms with Crippen molar-refractivity contribution >= 4 is 29.2 Å². The first-order valence-electron chi connectivity index (χ1n) is 9.75. The first-order valence-corrected chi connectivity index (χ1v) is 9.75. The van der Waals surface area contributed by atoms with Crippen LogP contribution in [0, 0.1) is 0 Å². The number of amides is 3. The van der Waals surface area contributed by atoms with Crippen molar-refractivity contribution in [3.05, 3.63) is 47.7 Å². The summed E-state index contributed by atoms with van der Waals surface area (Å²) in [6, 6.07) is 8.46. The summed E-state index contributed by atoms with van der Waals surface area (Å²) in [5.74, 6) is -0.689. The van der Waals surface area contributed by atoms with E-state index < -0.39 is 17.7 Å². The van der Waals surface area contributed by atoms with Gasteiger partial charge in [-0.1, -0.05) is 12.1 Å². The summed E-state index contributed by atoms with van der Waals surface area (Å²) in [7, 11) is 0. The number of nitrogens with one attached hydrogen (secondary N) is 2. The van der Waals surface area contributed by atoms with Gasteiger partial charge in [-0.2, -0.15) is 5.10 Å². The molecule has 10 heteroatoms. The Hall–Kier alpha value is -3.53. The van der Waals surface area contributed by atoms with Crippen LogP contribution < -0.4 is 15.5 Å². The maximum absolute atomic E-state index is 12.3. The molecule has 1 saturated heterocycles. The van der Waals surface area contributed by atoms with Crippen LogP contribution in [-0.4, -0.2) is 78.8 Å². The Morgan fingerprint density at radius 2 is 1.77 bits per heavy atom. The lowest BCUT2D eigenvalue weighted by molar-refractivity contribution is -0.121. The van der Waals surface area contributed by atoms with Gasteiger partial charge in [-0.3, -0.25) is 19.3 Å². The summed E-state index contributed by atoms with van der Waals surface area (Å²) < 4.78 is 5.35. The lowest BCUT2D eigenvalue weighted by Crippen LogP contribution is -2.41. The molecule has 2 aromatic rings. The van der Waals surface area contributed by atoms with E-state index in [1.165, 1.54) is 0 Å². The Kier molecular flexibility index (Phi) is 5.84. The predicted octanol–water partition coefficient (Wildman–Crippen LogP) is 0.138. The average Bonchev–Trinajstić information content (AvgIpc) is 3.03. The van der Waals surface area contributed by atoms with Crippen LogP contribution in [0.1, 0.15) is 20.7 Å². The molecular formula is C20H22N6O4. The number of hydrogen-bond acceptors (Lipinski definition) is 8. The number of aromatic nitrogens is 2. The lowest BCUT2D eigenvalue weighted by Gasteiger charge is -2.28. The molecule has 1 fully saturated rings. The van der Waals surface area contributed by atoms with Crippen molar-refractivity contribution in [1.29, 1.82) is 0 Å². The summed E-state index contributed by atoms with van der Waals surface area (Å²) in [4.78, 5) is 39.9. The smallest absolute Gasteiger partial charge is 0.262 e. The van der Waals surface area contributed by atoms with E-state index in [-0.39, 0.29) is 6.54 Å². The topological polar surface area (TPSA) is 117 Å². The molecule has 0 saturated carbocycles. The highest BCUT2D eigenvalue weighted by Crippen LogP contribution is 2.22. The number of morpholine rings is 1. The normalized spacial score (nSPS) is 15.9. The highest BCUT2D eigenvalue weighted by Gasteiger charge is 2.36. The Morgan fingerprint density at radius 3 is 2.47 bits per heavy atom. The van der Waals surface area contributed by atoms with Crippen LogP contribution >= 0.6 is 0 Å². The van der Waals surface area contributed by atoms with Crippen LogP contribution in [0.25, 0.3) is 0 Å². The molecule has 0 bridgehead atoms. The standard InChI is InChI=1S/C20H22N6O4/c27-18(13-26-19(28)15-3-1-2-4-16(15)20(26)29)22-6-5-21-17-11-14(12-23-24-17)25-7-9-30-10-8-25/h1-4,11-12H,5-10,13H2,(H,21,24)(H,22,27). The summed E-state index contributed by atoms with van der Waals surface area (Å²) in [6.07, 6.45) is 1.71. The largest absolute Gasteiger partial charge is 0.378 e. The molecule has 0 atom stereocenters. The second-order valence-electron chi connectivity index (χ2n) is 6.92. The SMILES string of the molecule is O=C(CN1C(=O)c2ccccc2C1=O)NCCNc1cc(N2CCOCC2)cnn1. The van der Waals surface area contributed by atoms with Crippen molar-refractivity contribution in [1.82, 2.24) is 20.4 Å². The first-order chi connectivity index (χ1) is 14.6. The molecule has 2 aliphatic rings. The number of fused-ring (bicyclic) bond motifs is 1. The van der Waals surface area contributed by atoms with Crippen LogP contribution in [0.5, 0.6) is 0 Å². The molecule has 156 valence electrons. The predicted molar refractivity (Wildman–Crippen MR) is 108 cm³/mol. The highest BCUT2D eigenvalue weighted by molar-refractivity contribution is 6.22. The maximum Gasteiger partial charge on any atom is 0.262 e. The van der Waals surface area contributed by atoms with Crippen LogP contribution in [-0.2, 0) is 9.53 Å². The molecule has 2 aliphatic heterocycles. The van der Waals surface area contributed by atoms with Gasteiger partial charge in [0, 0.05) is 32.2 Å². The maximum atomic E-state index is 12.3. The monoisotopic (exact) mass is 410 g/mol. The Bertz CT molecular complexity index is 925. The molecule has 1 aromatic heterocycles. The summed E-state index contributed by atoms with van der Waals surface area (Å²) >= 11 is 0. The van der Waals surface area contributed by atoms with Gasteiger partial charge in [-0.25, -0.2) is 0 Å². The van der Waals surface area contributed by atoms with Crippen molar-refractivity contribution in [2.75, 3.05) is 56.2 Å². The molecular weight excluding hydrogens is 388 g/mol. The Balaban J connectivity index is 1.23. The van der Waals surface area contributed by atoms with Crippen LogP contribution in [0.3, 0.4) is 0 Å². The molecule has 0 aliphatic carbocycles. The van der Waals surface area contributed by atoms with E-state index in [2.05, 4.69) is 25.7 Å². The minimum absolute atomic E-state index is 0.307. The van der Waals surface area contributed by atoms with Crippen molar-refractivity contribution in [2.45, 2.75) is 0 Å². The highest BCUT2D eigenvalue weighted by atomic mass is 16.5. The molecule has 2 N–H and O–H groups in total. The van der Waals surface area contributed by atoms with Crippen molar-refractivity contribution in [3.63, 3.8) is 0 Å². The van der Waals surface area contributed by atoms with Gasteiger partial charge in [0.2, 0.25) is 5.91 Å². The molecule has 0 spiro atoms. The van der Waals surface area contributed by atoms with E-state index in [1.54, 1.807) is 30.5 Å². The molecule has 30 heavy (non-hydrogen) atoms. The Labute approximate surface area is 173 Å². The quantitative estimate of drug-likeness (QED) is 0.489. The van der Waals surface area contributed by atoms with E-state index in [4.69, 9.17) is 4.74 Å². The number of hydrogen-bond donors (Lipinski definition) is 2. The molecule has 0 radical (unpaired) electrons. The third-order valence-electron chi connectivity index (χ3n) is 4.95. The first kappa shape index (κ1) is 19.8. The molecule has 1 aromatic carbocycles. The molecule has 10 nitrogen and oxygen atoms in total. The second-order valence-corrected chi connectivity index (χ2v) is 6.92. The summed E-state index contributed by atoms with van der Waals surface area (Å²) in [5.41, 5.74) is 1.62. The molecule has 3 heterocycles. The average molecular weight is 410 g/mol. The number of rotatable bonds is 7. The van der Waals surface area contributed by atoms with Gasteiger partial charge < -0.3 is 20.3 Å². The minimum Gasteiger partial charge on any atom is -0.378 e. The fourth-order valence-electron chi connectivity index (χ4n) is 3.41.